The number of halogens is 1. The first-order valence-electron chi connectivity index (χ1n) is 7.76. The van der Waals surface area contributed by atoms with Crippen LogP contribution in [0.15, 0.2) is 43.0 Å². The van der Waals surface area contributed by atoms with Crippen LogP contribution in [0.5, 0.6) is 0 Å². The third-order valence-electron chi connectivity index (χ3n) is 4.29. The van der Waals surface area contributed by atoms with Gasteiger partial charge in [0.15, 0.2) is 0 Å². The molecule has 112 valence electrons. The molecular weight excluding hydrogens is 265 g/mol. The lowest BCUT2D eigenvalue weighted by molar-refractivity contribution is 0.289. The van der Waals surface area contributed by atoms with E-state index in [1.807, 2.05) is 30.9 Å². The third kappa shape index (κ3) is 3.91. The van der Waals surface area contributed by atoms with Gasteiger partial charge in [-0.05, 0) is 55.8 Å². The second-order valence-electron chi connectivity index (χ2n) is 5.88. The Morgan fingerprint density at radius 2 is 2.19 bits per heavy atom. The Morgan fingerprint density at radius 1 is 1.29 bits per heavy atom. The molecule has 0 saturated heterocycles. The van der Waals surface area contributed by atoms with Gasteiger partial charge in [0.2, 0.25) is 0 Å². The molecule has 0 radical (unpaired) electrons. The summed E-state index contributed by atoms with van der Waals surface area (Å²) in [6, 6.07) is 7.63. The molecule has 3 nitrogen and oxygen atoms in total. The summed E-state index contributed by atoms with van der Waals surface area (Å²) in [5.41, 5.74) is 1.15. The van der Waals surface area contributed by atoms with Crippen molar-refractivity contribution in [1.29, 1.82) is 0 Å². The predicted octanol–water partition coefficient (Wildman–Crippen LogP) is 3.34. The van der Waals surface area contributed by atoms with Crippen LogP contribution < -0.4 is 5.32 Å². The highest BCUT2D eigenvalue weighted by atomic mass is 19.1. The number of hydrogen-bond donors (Lipinski definition) is 1. The summed E-state index contributed by atoms with van der Waals surface area (Å²) in [6.45, 7) is 2.10. The zero-order valence-corrected chi connectivity index (χ0v) is 12.2. The number of hydrogen-bond acceptors (Lipinski definition) is 2. The van der Waals surface area contributed by atoms with Gasteiger partial charge < -0.3 is 9.88 Å². The number of rotatable bonds is 7. The van der Waals surface area contributed by atoms with Gasteiger partial charge in [-0.1, -0.05) is 12.1 Å². The lowest BCUT2D eigenvalue weighted by Gasteiger charge is -2.36. The first-order chi connectivity index (χ1) is 10.3. The van der Waals surface area contributed by atoms with Crippen molar-refractivity contribution in [2.75, 3.05) is 6.54 Å². The number of imidazole rings is 1. The van der Waals surface area contributed by atoms with Gasteiger partial charge in [0.1, 0.15) is 5.82 Å². The van der Waals surface area contributed by atoms with Crippen molar-refractivity contribution in [3.05, 3.63) is 54.4 Å². The molecule has 1 aliphatic rings. The monoisotopic (exact) mass is 287 g/mol. The summed E-state index contributed by atoms with van der Waals surface area (Å²) in [7, 11) is 0. The first-order valence-corrected chi connectivity index (χ1v) is 7.76. The van der Waals surface area contributed by atoms with E-state index < -0.39 is 0 Å². The van der Waals surface area contributed by atoms with Gasteiger partial charge in [0.25, 0.3) is 0 Å². The van der Waals surface area contributed by atoms with E-state index in [0.29, 0.717) is 12.0 Å². The van der Waals surface area contributed by atoms with E-state index >= 15 is 0 Å². The Kier molecular flexibility index (Phi) is 4.65. The average molecular weight is 287 g/mol. The molecule has 2 aromatic rings. The predicted molar refractivity (Wildman–Crippen MR) is 81.6 cm³/mol. The largest absolute Gasteiger partial charge is 0.337 e. The molecule has 1 N–H and O–H groups in total. The molecule has 0 atom stereocenters. The van der Waals surface area contributed by atoms with Gasteiger partial charge in [-0.3, -0.25) is 0 Å². The number of benzene rings is 1. The van der Waals surface area contributed by atoms with Crippen LogP contribution in [0.4, 0.5) is 4.39 Å². The van der Waals surface area contributed by atoms with E-state index in [9.17, 15) is 4.39 Å². The summed E-state index contributed by atoms with van der Waals surface area (Å²) >= 11 is 0. The summed E-state index contributed by atoms with van der Waals surface area (Å²) < 4.78 is 15.3. The van der Waals surface area contributed by atoms with E-state index in [1.165, 1.54) is 18.9 Å². The van der Waals surface area contributed by atoms with E-state index in [2.05, 4.69) is 14.9 Å². The van der Waals surface area contributed by atoms with Gasteiger partial charge in [-0.25, -0.2) is 9.37 Å². The van der Waals surface area contributed by atoms with Crippen LogP contribution in [0.1, 0.15) is 37.2 Å². The maximum Gasteiger partial charge on any atom is 0.123 e. The quantitative estimate of drug-likeness (QED) is 0.792. The minimum atomic E-state index is -0.122. The number of unbranched alkanes of at least 4 members (excludes halogenated alkanes) is 1. The molecule has 0 amide bonds. The van der Waals surface area contributed by atoms with E-state index in [0.717, 1.165) is 31.5 Å². The number of aromatic nitrogens is 2. The highest BCUT2D eigenvalue weighted by Crippen LogP contribution is 2.36. The van der Waals surface area contributed by atoms with E-state index in [4.69, 9.17) is 0 Å². The van der Waals surface area contributed by atoms with Gasteiger partial charge in [-0.2, -0.15) is 0 Å². The highest BCUT2D eigenvalue weighted by Gasteiger charge is 2.29. The van der Waals surface area contributed by atoms with E-state index in [-0.39, 0.29) is 5.82 Å². The lowest BCUT2D eigenvalue weighted by atomic mass is 9.76. The molecule has 21 heavy (non-hydrogen) atoms. The SMILES string of the molecule is Fc1cccc(C2CC(NCCCCn3ccnc3)C2)c1. The molecule has 0 spiro atoms. The summed E-state index contributed by atoms with van der Waals surface area (Å²) in [5, 5.41) is 3.59. The smallest absolute Gasteiger partial charge is 0.123 e. The van der Waals surface area contributed by atoms with Crippen LogP contribution in [0, 0.1) is 5.82 Å². The molecule has 1 aliphatic carbocycles. The molecule has 0 bridgehead atoms. The summed E-state index contributed by atoms with van der Waals surface area (Å²) in [5.74, 6) is 0.410. The number of nitrogens with zero attached hydrogens (tertiary/aromatic N) is 2. The molecule has 0 aliphatic heterocycles. The first kappa shape index (κ1) is 14.3. The van der Waals surface area contributed by atoms with Gasteiger partial charge >= 0.3 is 0 Å². The standard InChI is InChI=1S/C17H22FN3/c18-16-5-3-4-14(10-16)15-11-17(12-15)20-6-1-2-8-21-9-7-19-13-21/h3-5,7,9-10,13,15,17,20H,1-2,6,8,11-12H2. The second kappa shape index (κ2) is 6.85. The van der Waals surface area contributed by atoms with Gasteiger partial charge in [-0.15, -0.1) is 0 Å². The van der Waals surface area contributed by atoms with Crippen molar-refractivity contribution < 1.29 is 4.39 Å². The van der Waals surface area contributed by atoms with Crippen molar-refractivity contribution in [3.8, 4) is 0 Å². The molecule has 1 saturated carbocycles. The van der Waals surface area contributed by atoms with Crippen molar-refractivity contribution in [2.24, 2.45) is 0 Å². The fourth-order valence-electron chi connectivity index (χ4n) is 2.96. The molecular formula is C17H22FN3. The third-order valence-corrected chi connectivity index (χ3v) is 4.29. The summed E-state index contributed by atoms with van der Waals surface area (Å²) in [4.78, 5) is 4.04. The van der Waals surface area contributed by atoms with Crippen LogP contribution in [-0.4, -0.2) is 22.1 Å². The van der Waals surface area contributed by atoms with Crippen LogP contribution >= 0.6 is 0 Å². The van der Waals surface area contributed by atoms with Crippen LogP contribution in [0.3, 0.4) is 0 Å². The van der Waals surface area contributed by atoms with Crippen LogP contribution in [0.25, 0.3) is 0 Å². The van der Waals surface area contributed by atoms with Gasteiger partial charge in [0.05, 0.1) is 6.33 Å². The highest BCUT2D eigenvalue weighted by molar-refractivity contribution is 5.23. The van der Waals surface area contributed by atoms with Crippen LogP contribution in [0.2, 0.25) is 0 Å². The Hall–Kier alpha value is -1.68. The minimum absolute atomic E-state index is 0.122. The Labute approximate surface area is 125 Å². The maximum absolute atomic E-state index is 13.2. The average Bonchev–Trinajstić information content (AvgIpc) is 2.93. The Balaban J connectivity index is 1.29. The Morgan fingerprint density at radius 3 is 2.95 bits per heavy atom. The number of aryl methyl sites for hydroxylation is 1. The molecule has 1 aromatic heterocycles. The van der Waals surface area contributed by atoms with Crippen molar-refractivity contribution in [3.63, 3.8) is 0 Å². The molecule has 0 unspecified atom stereocenters. The second-order valence-corrected chi connectivity index (χ2v) is 5.88. The molecule has 3 rings (SSSR count). The normalized spacial score (nSPS) is 21.2. The van der Waals surface area contributed by atoms with Crippen molar-refractivity contribution >= 4 is 0 Å². The molecule has 1 heterocycles. The van der Waals surface area contributed by atoms with Crippen LogP contribution in [-0.2, 0) is 6.54 Å². The fourth-order valence-corrected chi connectivity index (χ4v) is 2.96. The minimum Gasteiger partial charge on any atom is -0.337 e. The fraction of sp³-hybridized carbons (Fsp3) is 0.471. The maximum atomic E-state index is 13.2. The zero-order chi connectivity index (χ0) is 14.5. The lowest BCUT2D eigenvalue weighted by Crippen LogP contribution is -2.40. The Bertz CT molecular complexity index is 547. The molecule has 1 fully saturated rings. The summed E-state index contributed by atoms with van der Waals surface area (Å²) in [6.07, 6.45) is 10.3. The van der Waals surface area contributed by atoms with E-state index in [1.54, 1.807) is 6.07 Å². The zero-order valence-electron chi connectivity index (χ0n) is 12.2. The number of nitrogens with one attached hydrogen (secondary N) is 1. The van der Waals surface area contributed by atoms with Gasteiger partial charge in [0, 0.05) is 25.0 Å². The van der Waals surface area contributed by atoms with Crippen molar-refractivity contribution in [2.45, 2.75) is 44.2 Å². The molecule has 1 aromatic carbocycles. The topological polar surface area (TPSA) is 29.9 Å². The van der Waals surface area contributed by atoms with Crippen molar-refractivity contribution in [1.82, 2.24) is 14.9 Å². The molecule has 4 heteroatoms.